The molecular formula is C17H24F3N5O2S. The zero-order chi connectivity index (χ0) is 20.7. The highest BCUT2D eigenvalue weighted by atomic mass is 32.1. The fourth-order valence-corrected chi connectivity index (χ4v) is 3.41. The van der Waals surface area contributed by atoms with Gasteiger partial charge in [-0.1, -0.05) is 37.7 Å². The molecule has 28 heavy (non-hydrogen) atoms. The van der Waals surface area contributed by atoms with Gasteiger partial charge in [-0.3, -0.25) is 14.9 Å². The summed E-state index contributed by atoms with van der Waals surface area (Å²) in [5.41, 5.74) is 0. The number of nitrogens with zero attached hydrogens (tertiary/aromatic N) is 2. The first-order valence-corrected chi connectivity index (χ1v) is 9.90. The Balaban J connectivity index is 1.94. The first-order valence-electron chi connectivity index (χ1n) is 9.09. The third-order valence-corrected chi connectivity index (χ3v) is 4.94. The average molecular weight is 419 g/mol. The molecule has 0 radical (unpaired) electrons. The summed E-state index contributed by atoms with van der Waals surface area (Å²) in [6, 6.07) is -0.602. The van der Waals surface area contributed by atoms with E-state index in [1.54, 1.807) is 6.08 Å². The number of nitrogens with one attached hydrogen (secondary N) is 3. The molecule has 1 aromatic rings. The largest absolute Gasteiger partial charge is 0.445 e. The first-order chi connectivity index (χ1) is 13.1. The maximum absolute atomic E-state index is 12.5. The van der Waals surface area contributed by atoms with E-state index in [2.05, 4.69) is 26.1 Å². The van der Waals surface area contributed by atoms with Gasteiger partial charge in [0.05, 0.1) is 6.04 Å². The first kappa shape index (κ1) is 22.3. The number of alkyl halides is 3. The van der Waals surface area contributed by atoms with Crippen molar-refractivity contribution in [1.29, 1.82) is 0 Å². The van der Waals surface area contributed by atoms with Crippen LogP contribution in [-0.2, 0) is 15.8 Å². The third-order valence-electron chi connectivity index (χ3n) is 4.06. The van der Waals surface area contributed by atoms with Gasteiger partial charge in [0.25, 0.3) is 0 Å². The molecule has 1 fully saturated rings. The number of hydrogen-bond acceptors (Lipinski definition) is 6. The van der Waals surface area contributed by atoms with Gasteiger partial charge < -0.3 is 10.6 Å². The summed E-state index contributed by atoms with van der Waals surface area (Å²) < 4.78 is 37.6. The summed E-state index contributed by atoms with van der Waals surface area (Å²) in [6.07, 6.45) is 1.55. The summed E-state index contributed by atoms with van der Waals surface area (Å²) in [6.45, 7) is 4.78. The van der Waals surface area contributed by atoms with E-state index in [0.29, 0.717) is 6.42 Å². The molecular weight excluding hydrogens is 395 g/mol. The summed E-state index contributed by atoms with van der Waals surface area (Å²) in [5, 5.41) is 13.3. The van der Waals surface area contributed by atoms with Crippen LogP contribution in [0.5, 0.6) is 0 Å². The van der Waals surface area contributed by atoms with Crippen molar-refractivity contribution >= 4 is 28.3 Å². The standard InChI is InChI=1S/C17H24F3N5O2S/c1-10(2)9-11(22-14(27)12-5-3-4-8-21-12)6-7-13(26)23-16-25-24-15(28-16)17(18,19)20/h6-7,10-12,21H,3-5,8-9H2,1-2H3,(H,22,27)(H,23,25,26)/t11-,12+/m1/s1. The molecule has 11 heteroatoms. The number of anilines is 1. The highest BCUT2D eigenvalue weighted by Gasteiger charge is 2.35. The van der Waals surface area contributed by atoms with Crippen molar-refractivity contribution in [2.45, 2.75) is 57.8 Å². The van der Waals surface area contributed by atoms with Crippen molar-refractivity contribution in [3.05, 3.63) is 17.2 Å². The van der Waals surface area contributed by atoms with Crippen molar-refractivity contribution in [1.82, 2.24) is 20.8 Å². The smallest absolute Gasteiger partial charge is 0.349 e. The number of halogens is 3. The van der Waals surface area contributed by atoms with Gasteiger partial charge in [-0.05, 0) is 31.7 Å². The predicted molar refractivity (Wildman–Crippen MR) is 99.7 cm³/mol. The van der Waals surface area contributed by atoms with E-state index in [0.717, 1.165) is 25.8 Å². The Morgan fingerprint density at radius 1 is 1.32 bits per heavy atom. The van der Waals surface area contributed by atoms with Crippen LogP contribution in [0.3, 0.4) is 0 Å². The molecule has 0 bridgehead atoms. The lowest BCUT2D eigenvalue weighted by molar-refractivity contribution is -0.138. The molecule has 0 aliphatic carbocycles. The van der Waals surface area contributed by atoms with E-state index in [1.165, 1.54) is 6.08 Å². The molecule has 7 nitrogen and oxygen atoms in total. The summed E-state index contributed by atoms with van der Waals surface area (Å²) >= 11 is 0.251. The number of piperidine rings is 1. The van der Waals surface area contributed by atoms with Crippen LogP contribution in [0.2, 0.25) is 0 Å². The van der Waals surface area contributed by atoms with Crippen LogP contribution in [0, 0.1) is 5.92 Å². The molecule has 2 atom stereocenters. The van der Waals surface area contributed by atoms with Crippen molar-refractivity contribution in [3.8, 4) is 0 Å². The summed E-state index contributed by atoms with van der Waals surface area (Å²) in [7, 11) is 0. The van der Waals surface area contributed by atoms with Gasteiger partial charge in [0.1, 0.15) is 0 Å². The lowest BCUT2D eigenvalue weighted by atomic mass is 10.0. The minimum absolute atomic E-state index is 0.116. The number of aromatic nitrogens is 2. The molecule has 0 spiro atoms. The van der Waals surface area contributed by atoms with Crippen LogP contribution in [-0.4, -0.2) is 40.6 Å². The molecule has 156 valence electrons. The molecule has 2 heterocycles. The lowest BCUT2D eigenvalue weighted by Crippen LogP contribution is -2.49. The quantitative estimate of drug-likeness (QED) is 0.591. The number of carbonyl (C=O) groups excluding carboxylic acids is 2. The van der Waals surface area contributed by atoms with Gasteiger partial charge in [0, 0.05) is 12.1 Å². The molecule has 1 aromatic heterocycles. The Morgan fingerprint density at radius 2 is 2.07 bits per heavy atom. The van der Waals surface area contributed by atoms with Gasteiger partial charge in [-0.25, -0.2) is 0 Å². The average Bonchev–Trinajstić information content (AvgIpc) is 3.09. The fourth-order valence-electron chi connectivity index (χ4n) is 2.79. The van der Waals surface area contributed by atoms with Crippen LogP contribution in [0.25, 0.3) is 0 Å². The zero-order valence-corrected chi connectivity index (χ0v) is 16.5. The number of carbonyl (C=O) groups is 2. The minimum atomic E-state index is -4.60. The minimum Gasteiger partial charge on any atom is -0.349 e. The molecule has 3 N–H and O–H groups in total. The SMILES string of the molecule is CC(C)C[C@@H](C=CC(=O)Nc1nnc(C(F)(F)F)s1)NC(=O)[C@@H]1CCCCN1. The van der Waals surface area contributed by atoms with E-state index in [9.17, 15) is 22.8 Å². The Bertz CT molecular complexity index is 699. The molecule has 1 aliphatic heterocycles. The number of amides is 2. The number of hydrogen-bond donors (Lipinski definition) is 3. The molecule has 2 rings (SSSR count). The van der Waals surface area contributed by atoms with Crippen molar-refractivity contribution in [2.24, 2.45) is 5.92 Å². The highest BCUT2D eigenvalue weighted by Crippen LogP contribution is 2.32. The molecule has 0 aromatic carbocycles. The Labute approximate surface area is 165 Å². The van der Waals surface area contributed by atoms with Crippen LogP contribution >= 0.6 is 11.3 Å². The molecule has 2 amide bonds. The highest BCUT2D eigenvalue weighted by molar-refractivity contribution is 7.15. The Morgan fingerprint density at radius 3 is 2.64 bits per heavy atom. The van der Waals surface area contributed by atoms with Crippen LogP contribution < -0.4 is 16.0 Å². The second-order valence-electron chi connectivity index (χ2n) is 7.01. The van der Waals surface area contributed by atoms with Crippen molar-refractivity contribution < 1.29 is 22.8 Å². The second kappa shape index (κ2) is 9.97. The normalized spacial score (nSPS) is 19.0. The summed E-state index contributed by atoms with van der Waals surface area (Å²) in [5.74, 6) is -0.479. The third kappa shape index (κ3) is 7.19. The monoisotopic (exact) mass is 419 g/mol. The van der Waals surface area contributed by atoms with Crippen molar-refractivity contribution in [3.63, 3.8) is 0 Å². The van der Waals surface area contributed by atoms with Gasteiger partial charge >= 0.3 is 6.18 Å². The molecule has 1 aliphatic rings. The van der Waals surface area contributed by atoms with E-state index in [4.69, 9.17) is 0 Å². The van der Waals surface area contributed by atoms with Gasteiger partial charge in [-0.15, -0.1) is 10.2 Å². The van der Waals surface area contributed by atoms with Crippen LogP contribution in [0.4, 0.5) is 18.3 Å². The van der Waals surface area contributed by atoms with E-state index in [1.807, 2.05) is 13.8 Å². The van der Waals surface area contributed by atoms with Gasteiger partial charge in [0.2, 0.25) is 22.0 Å². The van der Waals surface area contributed by atoms with E-state index in [-0.39, 0.29) is 40.4 Å². The lowest BCUT2D eigenvalue weighted by Gasteiger charge is -2.25. The molecule has 1 saturated heterocycles. The predicted octanol–water partition coefficient (Wildman–Crippen LogP) is 2.72. The maximum Gasteiger partial charge on any atom is 0.445 e. The van der Waals surface area contributed by atoms with Gasteiger partial charge in [0.15, 0.2) is 0 Å². The van der Waals surface area contributed by atoms with E-state index < -0.39 is 17.1 Å². The topological polar surface area (TPSA) is 96.0 Å². The number of rotatable bonds is 7. The van der Waals surface area contributed by atoms with Crippen LogP contribution in [0.15, 0.2) is 12.2 Å². The van der Waals surface area contributed by atoms with E-state index >= 15 is 0 Å². The zero-order valence-electron chi connectivity index (χ0n) is 15.7. The summed E-state index contributed by atoms with van der Waals surface area (Å²) in [4.78, 5) is 24.4. The van der Waals surface area contributed by atoms with Crippen molar-refractivity contribution in [2.75, 3.05) is 11.9 Å². The van der Waals surface area contributed by atoms with Crippen LogP contribution in [0.1, 0.15) is 44.5 Å². The Kier molecular flexibility index (Phi) is 7.93. The maximum atomic E-state index is 12.5. The fraction of sp³-hybridized carbons (Fsp3) is 0.647. The molecule has 0 saturated carbocycles. The second-order valence-corrected chi connectivity index (χ2v) is 7.98. The Hall–Kier alpha value is -2.01. The van der Waals surface area contributed by atoms with Gasteiger partial charge in [-0.2, -0.15) is 13.2 Å². The molecule has 0 unspecified atom stereocenters.